The van der Waals surface area contributed by atoms with Crippen molar-refractivity contribution in [2.45, 2.75) is 71.3 Å². The van der Waals surface area contributed by atoms with Crippen LogP contribution < -0.4 is 13.8 Å². The number of unbranched alkanes of at least 4 members (excludes halogenated alkanes) is 2. The zero-order valence-electron chi connectivity index (χ0n) is 23.3. The van der Waals surface area contributed by atoms with Crippen molar-refractivity contribution in [3.8, 4) is 11.5 Å². The number of aryl methyl sites for hydroxylation is 1. The number of esters is 1. The maximum atomic E-state index is 12.6. The first kappa shape index (κ1) is 30.2. The molecule has 1 fully saturated rings. The van der Waals surface area contributed by atoms with Crippen LogP contribution in [0.15, 0.2) is 48.5 Å². The molecule has 2 aromatic rings. The number of hydrogen-bond acceptors (Lipinski definition) is 7. The number of carbonyl (C=O) groups is 2. The van der Waals surface area contributed by atoms with Gasteiger partial charge in [-0.15, -0.1) is 0 Å². The number of ether oxygens (including phenoxy) is 3. The van der Waals surface area contributed by atoms with Gasteiger partial charge >= 0.3 is 5.97 Å². The van der Waals surface area contributed by atoms with Gasteiger partial charge in [0.05, 0.1) is 25.2 Å². The zero-order valence-corrected chi connectivity index (χ0v) is 24.1. The molecular formula is C30H39NO7S. The molecule has 3 rings (SSSR count). The number of anilines is 1. The molecule has 0 atom stereocenters. The van der Waals surface area contributed by atoms with Crippen LogP contribution in [0.4, 0.5) is 5.69 Å². The fourth-order valence-electron chi connectivity index (χ4n) is 4.20. The second-order valence-electron chi connectivity index (χ2n) is 10.5. The maximum absolute atomic E-state index is 12.6. The van der Waals surface area contributed by atoms with Gasteiger partial charge in [-0.25, -0.2) is 12.7 Å². The average Bonchev–Trinajstić information content (AvgIpc) is 2.86. The van der Waals surface area contributed by atoms with Gasteiger partial charge in [-0.2, -0.15) is 0 Å². The number of rotatable bonds is 12. The van der Waals surface area contributed by atoms with Crippen LogP contribution in [0.25, 0.3) is 6.08 Å². The molecule has 9 heteroatoms. The molecule has 1 heterocycles. The molecule has 8 nitrogen and oxygen atoms in total. The number of hydrogen-bond donors (Lipinski definition) is 0. The Kier molecular flexibility index (Phi) is 10.6. The molecule has 212 valence electrons. The highest BCUT2D eigenvalue weighted by molar-refractivity contribution is 7.93. The van der Waals surface area contributed by atoms with Gasteiger partial charge in [0.2, 0.25) is 15.9 Å². The van der Waals surface area contributed by atoms with Crippen molar-refractivity contribution in [2.24, 2.45) is 0 Å². The summed E-state index contributed by atoms with van der Waals surface area (Å²) in [4.78, 5) is 24.8. The van der Waals surface area contributed by atoms with Crippen LogP contribution in [0, 0.1) is 0 Å². The van der Waals surface area contributed by atoms with E-state index in [2.05, 4.69) is 12.2 Å². The van der Waals surface area contributed by atoms with Gasteiger partial charge in [0.25, 0.3) is 0 Å². The molecule has 1 aliphatic rings. The molecule has 2 aromatic carbocycles. The number of methoxy groups -OCH3 is 1. The molecule has 0 unspecified atom stereocenters. The predicted molar refractivity (Wildman–Crippen MR) is 152 cm³/mol. The van der Waals surface area contributed by atoms with Crippen LogP contribution >= 0.6 is 0 Å². The fourth-order valence-corrected chi connectivity index (χ4v) is 5.72. The number of benzene rings is 2. The molecule has 1 saturated heterocycles. The second-order valence-corrected chi connectivity index (χ2v) is 12.4. The van der Waals surface area contributed by atoms with Gasteiger partial charge < -0.3 is 14.2 Å². The lowest BCUT2D eigenvalue weighted by molar-refractivity contribution is -0.154. The Bertz CT molecular complexity index is 1260. The smallest absolute Gasteiger partial charge is 0.306 e. The highest BCUT2D eigenvalue weighted by Crippen LogP contribution is 2.31. The minimum atomic E-state index is -3.73. The standard InChI is InChI=1S/C30H39NO7S/c1-30(2,3)38-29(33)19-14-24-22-25(31-28(32)11-9-21-39(31,34)35)15-18-27(24)37-20-8-6-5-7-10-23-12-16-26(36-4)17-13-23/h7,10,12-13,15-18,22H,5-6,8-9,11,14,19-21H2,1-4H3/b10-7+. The quantitative estimate of drug-likeness (QED) is 0.244. The van der Waals surface area contributed by atoms with Crippen molar-refractivity contribution in [3.05, 3.63) is 59.7 Å². The molecule has 0 spiro atoms. The van der Waals surface area contributed by atoms with Crippen molar-refractivity contribution in [1.29, 1.82) is 0 Å². The minimum Gasteiger partial charge on any atom is -0.497 e. The van der Waals surface area contributed by atoms with Crippen LogP contribution in [-0.4, -0.2) is 45.4 Å². The van der Waals surface area contributed by atoms with E-state index in [1.165, 1.54) is 0 Å². The summed E-state index contributed by atoms with van der Waals surface area (Å²) in [6.45, 7) is 5.88. The van der Waals surface area contributed by atoms with E-state index in [0.29, 0.717) is 30.8 Å². The molecular weight excluding hydrogens is 518 g/mol. The third kappa shape index (κ3) is 9.42. The van der Waals surface area contributed by atoms with E-state index in [1.54, 1.807) is 46.1 Å². The Hall–Kier alpha value is -3.33. The van der Waals surface area contributed by atoms with Crippen molar-refractivity contribution in [1.82, 2.24) is 0 Å². The van der Waals surface area contributed by atoms with Crippen LogP contribution in [0.5, 0.6) is 11.5 Å². The third-order valence-electron chi connectivity index (χ3n) is 6.04. The van der Waals surface area contributed by atoms with Gasteiger partial charge in [-0.1, -0.05) is 24.3 Å². The van der Waals surface area contributed by atoms with Crippen LogP contribution in [0.3, 0.4) is 0 Å². The fraction of sp³-hybridized carbons (Fsp3) is 0.467. The van der Waals surface area contributed by atoms with Crippen LogP contribution in [0.1, 0.15) is 70.4 Å². The number of nitrogens with zero attached hydrogens (tertiary/aromatic N) is 1. The Morgan fingerprint density at radius 3 is 2.49 bits per heavy atom. The molecule has 0 aliphatic carbocycles. The first-order chi connectivity index (χ1) is 18.5. The summed E-state index contributed by atoms with van der Waals surface area (Å²) in [7, 11) is -2.08. The van der Waals surface area contributed by atoms with Gasteiger partial charge in [-0.05, 0) is 94.3 Å². The molecule has 0 aromatic heterocycles. The summed E-state index contributed by atoms with van der Waals surface area (Å²) in [6, 6.07) is 12.8. The SMILES string of the molecule is COc1ccc(/C=C/CCCCOc2ccc(N3C(=O)CCCS3(=O)=O)cc2CCC(=O)OC(C)(C)C)cc1. The highest BCUT2D eigenvalue weighted by Gasteiger charge is 2.33. The minimum absolute atomic E-state index is 0.0723. The van der Waals surface area contributed by atoms with E-state index in [9.17, 15) is 18.0 Å². The number of amides is 1. The molecule has 1 amide bonds. The first-order valence-corrected chi connectivity index (χ1v) is 14.9. The Morgan fingerprint density at radius 1 is 1.08 bits per heavy atom. The van der Waals surface area contributed by atoms with E-state index in [4.69, 9.17) is 14.2 Å². The normalized spacial score (nSPS) is 15.4. The third-order valence-corrected chi connectivity index (χ3v) is 7.82. The monoisotopic (exact) mass is 557 g/mol. The summed E-state index contributed by atoms with van der Waals surface area (Å²) < 4.78 is 42.8. The maximum Gasteiger partial charge on any atom is 0.306 e. The lowest BCUT2D eigenvalue weighted by atomic mass is 10.1. The van der Waals surface area contributed by atoms with E-state index >= 15 is 0 Å². The summed E-state index contributed by atoms with van der Waals surface area (Å²) >= 11 is 0. The number of allylic oxidation sites excluding steroid dienone is 1. The number of sulfonamides is 1. The van der Waals surface area contributed by atoms with E-state index in [-0.39, 0.29) is 30.3 Å². The van der Waals surface area contributed by atoms with Crippen molar-refractivity contribution >= 4 is 33.7 Å². The van der Waals surface area contributed by atoms with Gasteiger partial charge in [0.1, 0.15) is 17.1 Å². The molecule has 0 N–H and O–H groups in total. The Labute approximate surface area is 232 Å². The van der Waals surface area contributed by atoms with Gasteiger partial charge in [-0.3, -0.25) is 9.59 Å². The zero-order chi connectivity index (χ0) is 28.5. The first-order valence-electron chi connectivity index (χ1n) is 13.3. The number of carbonyl (C=O) groups excluding carboxylic acids is 2. The van der Waals surface area contributed by atoms with E-state index in [0.717, 1.165) is 34.9 Å². The average molecular weight is 558 g/mol. The predicted octanol–water partition coefficient (Wildman–Crippen LogP) is 5.69. The van der Waals surface area contributed by atoms with Crippen molar-refractivity contribution < 1.29 is 32.2 Å². The summed E-state index contributed by atoms with van der Waals surface area (Å²) in [5.41, 5.74) is 1.44. The topological polar surface area (TPSA) is 99.2 Å². The van der Waals surface area contributed by atoms with E-state index < -0.39 is 21.5 Å². The lowest BCUT2D eigenvalue weighted by Crippen LogP contribution is -2.42. The molecule has 0 bridgehead atoms. The molecule has 39 heavy (non-hydrogen) atoms. The molecule has 0 saturated carbocycles. The van der Waals surface area contributed by atoms with E-state index in [1.807, 2.05) is 24.3 Å². The summed E-state index contributed by atoms with van der Waals surface area (Å²) in [6.07, 6.45) is 7.74. The van der Waals surface area contributed by atoms with Crippen molar-refractivity contribution in [3.63, 3.8) is 0 Å². The van der Waals surface area contributed by atoms with Crippen LogP contribution in [-0.2, 0) is 30.8 Å². The highest BCUT2D eigenvalue weighted by atomic mass is 32.2. The lowest BCUT2D eigenvalue weighted by Gasteiger charge is -2.27. The summed E-state index contributed by atoms with van der Waals surface area (Å²) in [5.74, 6) is 0.515. The molecule has 1 aliphatic heterocycles. The Balaban J connectivity index is 1.62. The van der Waals surface area contributed by atoms with Crippen molar-refractivity contribution in [2.75, 3.05) is 23.8 Å². The van der Waals surface area contributed by atoms with Crippen LogP contribution in [0.2, 0.25) is 0 Å². The molecule has 0 radical (unpaired) electrons. The second kappa shape index (κ2) is 13.6. The largest absolute Gasteiger partial charge is 0.497 e. The summed E-state index contributed by atoms with van der Waals surface area (Å²) in [5, 5.41) is 0. The van der Waals surface area contributed by atoms with Gasteiger partial charge in [0, 0.05) is 12.8 Å². The van der Waals surface area contributed by atoms with Gasteiger partial charge in [0.15, 0.2) is 0 Å². The Morgan fingerprint density at radius 2 is 1.82 bits per heavy atom.